The third-order valence-electron chi connectivity index (χ3n) is 3.28. The van der Waals surface area contributed by atoms with Crippen molar-refractivity contribution in [2.75, 3.05) is 19.6 Å². The number of hydrogen-bond donors (Lipinski definition) is 1. The van der Waals surface area contributed by atoms with E-state index in [0.29, 0.717) is 12.6 Å². The van der Waals surface area contributed by atoms with Gasteiger partial charge in [0.05, 0.1) is 5.56 Å². The van der Waals surface area contributed by atoms with Gasteiger partial charge in [-0.1, -0.05) is 18.2 Å². The molecule has 0 aromatic heterocycles. The molecule has 1 aliphatic rings. The summed E-state index contributed by atoms with van der Waals surface area (Å²) >= 11 is 0. The molecule has 1 aromatic rings. The SMILES string of the molecule is C[C@@H]1CNCCN1Cc1cccc(C(F)(F)F)c1. The van der Waals surface area contributed by atoms with Gasteiger partial charge in [0.15, 0.2) is 0 Å². The van der Waals surface area contributed by atoms with Crippen molar-refractivity contribution >= 4 is 0 Å². The first-order valence-electron chi connectivity index (χ1n) is 6.08. The van der Waals surface area contributed by atoms with E-state index in [2.05, 4.69) is 17.1 Å². The first-order chi connectivity index (χ1) is 8.47. The second-order valence-corrected chi connectivity index (χ2v) is 4.72. The summed E-state index contributed by atoms with van der Waals surface area (Å²) in [4.78, 5) is 2.20. The fourth-order valence-electron chi connectivity index (χ4n) is 2.20. The van der Waals surface area contributed by atoms with Crippen LogP contribution in [0.3, 0.4) is 0 Å². The van der Waals surface area contributed by atoms with Crippen LogP contribution in [0.1, 0.15) is 18.1 Å². The molecule has 0 spiro atoms. The summed E-state index contributed by atoms with van der Waals surface area (Å²) in [6.45, 7) is 5.31. The minimum atomic E-state index is -4.26. The summed E-state index contributed by atoms with van der Waals surface area (Å²) in [7, 11) is 0. The number of rotatable bonds is 2. The zero-order valence-electron chi connectivity index (χ0n) is 10.3. The molecule has 0 unspecified atom stereocenters. The molecule has 1 aliphatic heterocycles. The van der Waals surface area contributed by atoms with Crippen LogP contribution in [-0.2, 0) is 12.7 Å². The lowest BCUT2D eigenvalue weighted by Crippen LogP contribution is -2.49. The molecule has 1 aromatic carbocycles. The van der Waals surface area contributed by atoms with Crippen LogP contribution in [-0.4, -0.2) is 30.6 Å². The van der Waals surface area contributed by atoms with E-state index >= 15 is 0 Å². The van der Waals surface area contributed by atoms with E-state index in [9.17, 15) is 13.2 Å². The lowest BCUT2D eigenvalue weighted by atomic mass is 10.1. The number of alkyl halides is 3. The number of benzene rings is 1. The van der Waals surface area contributed by atoms with Crippen molar-refractivity contribution in [1.82, 2.24) is 10.2 Å². The van der Waals surface area contributed by atoms with E-state index in [1.54, 1.807) is 6.07 Å². The number of hydrogen-bond acceptors (Lipinski definition) is 2. The van der Waals surface area contributed by atoms with Crippen LogP contribution >= 0.6 is 0 Å². The van der Waals surface area contributed by atoms with E-state index < -0.39 is 11.7 Å². The molecule has 0 radical (unpaired) electrons. The molecular weight excluding hydrogens is 241 g/mol. The van der Waals surface area contributed by atoms with Crippen LogP contribution in [0.15, 0.2) is 24.3 Å². The third-order valence-corrected chi connectivity index (χ3v) is 3.28. The van der Waals surface area contributed by atoms with E-state index in [-0.39, 0.29) is 0 Å². The van der Waals surface area contributed by atoms with Crippen LogP contribution in [0.4, 0.5) is 13.2 Å². The van der Waals surface area contributed by atoms with E-state index in [1.165, 1.54) is 12.1 Å². The van der Waals surface area contributed by atoms with Gasteiger partial charge in [-0.15, -0.1) is 0 Å². The first-order valence-corrected chi connectivity index (χ1v) is 6.08. The van der Waals surface area contributed by atoms with Gasteiger partial charge < -0.3 is 5.32 Å². The number of nitrogens with one attached hydrogen (secondary N) is 1. The second-order valence-electron chi connectivity index (χ2n) is 4.72. The monoisotopic (exact) mass is 258 g/mol. The van der Waals surface area contributed by atoms with Crippen molar-refractivity contribution in [3.8, 4) is 0 Å². The summed E-state index contributed by atoms with van der Waals surface area (Å²) in [6.07, 6.45) is -4.26. The Hall–Kier alpha value is -1.07. The molecule has 0 saturated carbocycles. The van der Waals surface area contributed by atoms with Crippen LogP contribution in [0.25, 0.3) is 0 Å². The minimum absolute atomic E-state index is 0.355. The highest BCUT2D eigenvalue weighted by Gasteiger charge is 2.30. The number of nitrogens with zero attached hydrogens (tertiary/aromatic N) is 1. The van der Waals surface area contributed by atoms with Crippen molar-refractivity contribution in [2.24, 2.45) is 0 Å². The minimum Gasteiger partial charge on any atom is -0.314 e. The van der Waals surface area contributed by atoms with Crippen molar-refractivity contribution < 1.29 is 13.2 Å². The lowest BCUT2D eigenvalue weighted by molar-refractivity contribution is -0.137. The second kappa shape index (κ2) is 5.28. The standard InChI is InChI=1S/C13H17F3N2/c1-10-8-17-5-6-18(10)9-11-3-2-4-12(7-11)13(14,15)16/h2-4,7,10,17H,5-6,8-9H2,1H3/t10-/m1/s1. The topological polar surface area (TPSA) is 15.3 Å². The number of halogens is 3. The zero-order chi connectivity index (χ0) is 13.2. The van der Waals surface area contributed by atoms with Gasteiger partial charge >= 0.3 is 6.18 Å². The highest BCUT2D eigenvalue weighted by atomic mass is 19.4. The third kappa shape index (κ3) is 3.23. The molecule has 100 valence electrons. The summed E-state index contributed by atoms with van der Waals surface area (Å²) in [5, 5.41) is 3.26. The van der Waals surface area contributed by atoms with Crippen LogP contribution in [0, 0.1) is 0 Å². The van der Waals surface area contributed by atoms with Crippen LogP contribution in [0.5, 0.6) is 0 Å². The maximum atomic E-state index is 12.6. The van der Waals surface area contributed by atoms with Gasteiger partial charge in [-0.25, -0.2) is 0 Å². The molecule has 2 nitrogen and oxygen atoms in total. The lowest BCUT2D eigenvalue weighted by Gasteiger charge is -2.34. The molecule has 0 aliphatic carbocycles. The maximum absolute atomic E-state index is 12.6. The highest BCUT2D eigenvalue weighted by Crippen LogP contribution is 2.29. The van der Waals surface area contributed by atoms with Gasteiger partial charge in [-0.05, 0) is 18.6 Å². The van der Waals surface area contributed by atoms with Gasteiger partial charge in [0.25, 0.3) is 0 Å². The predicted octanol–water partition coefficient (Wildman–Crippen LogP) is 2.50. The van der Waals surface area contributed by atoms with Crippen LogP contribution in [0.2, 0.25) is 0 Å². The van der Waals surface area contributed by atoms with Gasteiger partial charge in [0, 0.05) is 32.2 Å². The van der Waals surface area contributed by atoms with Crippen molar-refractivity contribution in [2.45, 2.75) is 25.7 Å². The molecule has 1 saturated heterocycles. The summed E-state index contributed by atoms with van der Waals surface area (Å²) in [5.41, 5.74) is 0.154. The van der Waals surface area contributed by atoms with E-state index in [1.807, 2.05) is 0 Å². The first kappa shape index (κ1) is 13.4. The zero-order valence-corrected chi connectivity index (χ0v) is 10.3. The summed E-state index contributed by atoms with van der Waals surface area (Å²) in [6, 6.07) is 5.95. The molecule has 0 bridgehead atoms. The predicted molar refractivity (Wildman–Crippen MR) is 64.2 cm³/mol. The van der Waals surface area contributed by atoms with Crippen molar-refractivity contribution in [3.63, 3.8) is 0 Å². The quantitative estimate of drug-likeness (QED) is 0.876. The Labute approximate surface area is 105 Å². The Bertz CT molecular complexity index is 403. The van der Waals surface area contributed by atoms with Crippen LogP contribution < -0.4 is 5.32 Å². The van der Waals surface area contributed by atoms with Crippen molar-refractivity contribution in [3.05, 3.63) is 35.4 Å². The Morgan fingerprint density at radius 1 is 1.39 bits per heavy atom. The molecule has 2 rings (SSSR count). The van der Waals surface area contributed by atoms with E-state index in [0.717, 1.165) is 31.3 Å². The van der Waals surface area contributed by atoms with Crippen molar-refractivity contribution in [1.29, 1.82) is 0 Å². The molecule has 1 heterocycles. The molecule has 1 atom stereocenters. The number of piperazine rings is 1. The highest BCUT2D eigenvalue weighted by molar-refractivity contribution is 5.25. The molecule has 18 heavy (non-hydrogen) atoms. The molecule has 0 amide bonds. The maximum Gasteiger partial charge on any atom is 0.416 e. The summed E-state index contributed by atoms with van der Waals surface area (Å²) in [5.74, 6) is 0. The summed E-state index contributed by atoms with van der Waals surface area (Å²) < 4.78 is 37.8. The normalized spacial score (nSPS) is 22.1. The average molecular weight is 258 g/mol. The Morgan fingerprint density at radius 3 is 2.83 bits per heavy atom. The molecule has 5 heteroatoms. The smallest absolute Gasteiger partial charge is 0.314 e. The van der Waals surface area contributed by atoms with Gasteiger partial charge in [0.2, 0.25) is 0 Å². The molecule has 1 N–H and O–H groups in total. The fraction of sp³-hybridized carbons (Fsp3) is 0.538. The Balaban J connectivity index is 2.09. The van der Waals surface area contributed by atoms with Gasteiger partial charge in [0.1, 0.15) is 0 Å². The molecular formula is C13H17F3N2. The largest absolute Gasteiger partial charge is 0.416 e. The Kier molecular flexibility index (Phi) is 3.92. The van der Waals surface area contributed by atoms with Gasteiger partial charge in [-0.3, -0.25) is 4.90 Å². The average Bonchev–Trinajstić information content (AvgIpc) is 2.31. The van der Waals surface area contributed by atoms with E-state index in [4.69, 9.17) is 0 Å². The molecule has 1 fully saturated rings. The van der Waals surface area contributed by atoms with Gasteiger partial charge in [-0.2, -0.15) is 13.2 Å². The fourth-order valence-corrected chi connectivity index (χ4v) is 2.20. The Morgan fingerprint density at radius 2 is 2.17 bits per heavy atom.